The third-order valence-corrected chi connectivity index (χ3v) is 4.93. The fourth-order valence-electron chi connectivity index (χ4n) is 2.01. The molecule has 1 aromatic rings. The van der Waals surface area contributed by atoms with Crippen LogP contribution < -0.4 is 0 Å². The molecule has 4 heteroatoms. The van der Waals surface area contributed by atoms with Gasteiger partial charge >= 0.3 is 7.60 Å². The molecule has 0 N–H and O–H groups in total. The molecule has 0 radical (unpaired) electrons. The van der Waals surface area contributed by atoms with Crippen molar-refractivity contribution < 1.29 is 13.6 Å². The van der Waals surface area contributed by atoms with Crippen molar-refractivity contribution in [2.24, 2.45) is 5.41 Å². The minimum absolute atomic E-state index is 0.102. The molecular weight excluding hydrogens is 283 g/mol. The minimum Gasteiger partial charge on any atom is -0.305 e. The molecule has 1 saturated heterocycles. The average Bonchev–Trinajstić information content (AvgIpc) is 2.41. The summed E-state index contributed by atoms with van der Waals surface area (Å²) in [5, 5.41) is 0. The third-order valence-electron chi connectivity index (χ3n) is 3.38. The monoisotopic (exact) mass is 306 g/mol. The van der Waals surface area contributed by atoms with Crippen LogP contribution in [0.2, 0.25) is 0 Å². The quantitative estimate of drug-likeness (QED) is 0.570. The molecule has 0 saturated carbocycles. The highest BCUT2D eigenvalue weighted by molar-refractivity contribution is 7.57. The van der Waals surface area contributed by atoms with Crippen molar-refractivity contribution in [2.75, 3.05) is 13.2 Å². The van der Waals surface area contributed by atoms with Gasteiger partial charge in [-0.3, -0.25) is 4.57 Å². The molecule has 1 fully saturated rings. The van der Waals surface area contributed by atoms with E-state index in [9.17, 15) is 4.57 Å². The lowest BCUT2D eigenvalue weighted by Gasteiger charge is -2.33. The molecule has 0 bridgehead atoms. The summed E-state index contributed by atoms with van der Waals surface area (Å²) in [5.41, 5.74) is 3.71. The lowest BCUT2D eigenvalue weighted by molar-refractivity contribution is 0.0458. The summed E-state index contributed by atoms with van der Waals surface area (Å²) in [6.45, 7) is 12.8. The molecule has 0 aliphatic carbocycles. The molecule has 1 aromatic carbocycles. The molecule has 0 amide bonds. The van der Waals surface area contributed by atoms with Gasteiger partial charge in [0.1, 0.15) is 0 Å². The van der Waals surface area contributed by atoms with Crippen LogP contribution in [-0.2, 0) is 13.6 Å². The van der Waals surface area contributed by atoms with E-state index in [1.165, 1.54) is 5.56 Å². The van der Waals surface area contributed by atoms with E-state index in [2.05, 4.69) is 6.58 Å². The van der Waals surface area contributed by atoms with Crippen LogP contribution in [0.5, 0.6) is 0 Å². The number of hydrogen-bond acceptors (Lipinski definition) is 3. The van der Waals surface area contributed by atoms with Crippen molar-refractivity contribution in [3.8, 4) is 0 Å². The Bertz CT molecular complexity index is 597. The van der Waals surface area contributed by atoms with E-state index in [4.69, 9.17) is 9.05 Å². The molecule has 2 rings (SSSR count). The summed E-state index contributed by atoms with van der Waals surface area (Å²) in [6, 6.07) is 8.03. The first-order chi connectivity index (χ1) is 9.71. The van der Waals surface area contributed by atoms with Gasteiger partial charge in [-0.2, -0.15) is 0 Å². The van der Waals surface area contributed by atoms with Crippen molar-refractivity contribution in [1.82, 2.24) is 0 Å². The molecule has 1 aliphatic rings. The zero-order valence-corrected chi connectivity index (χ0v) is 14.1. The summed E-state index contributed by atoms with van der Waals surface area (Å²) < 4.78 is 23.8. The first-order valence-electron chi connectivity index (χ1n) is 7.05. The molecule has 3 nitrogen and oxygen atoms in total. The van der Waals surface area contributed by atoms with Gasteiger partial charge in [0, 0.05) is 11.2 Å². The predicted molar refractivity (Wildman–Crippen MR) is 87.3 cm³/mol. The fraction of sp³-hybridized carbons (Fsp3) is 0.412. The summed E-state index contributed by atoms with van der Waals surface area (Å²) in [5.74, 6) is 1.61. The fourth-order valence-corrected chi connectivity index (χ4v) is 3.97. The molecule has 0 unspecified atom stereocenters. The van der Waals surface area contributed by atoms with Gasteiger partial charge in [0.25, 0.3) is 0 Å². The Kier molecular flexibility index (Phi) is 4.57. The lowest BCUT2D eigenvalue weighted by Crippen LogP contribution is -2.28. The van der Waals surface area contributed by atoms with Crippen LogP contribution in [0.1, 0.15) is 31.9 Å². The van der Waals surface area contributed by atoms with Crippen LogP contribution in [0.4, 0.5) is 0 Å². The van der Waals surface area contributed by atoms with Gasteiger partial charge in [-0.1, -0.05) is 55.8 Å². The summed E-state index contributed by atoms with van der Waals surface area (Å²) >= 11 is 0. The normalized spacial score (nSPS) is 21.0. The van der Waals surface area contributed by atoms with Gasteiger partial charge < -0.3 is 9.05 Å². The molecule has 0 spiro atoms. The maximum atomic E-state index is 12.7. The summed E-state index contributed by atoms with van der Waals surface area (Å²) in [4.78, 5) is 0. The van der Waals surface area contributed by atoms with E-state index in [1.54, 1.807) is 5.82 Å². The van der Waals surface area contributed by atoms with Crippen LogP contribution in [-0.4, -0.2) is 13.2 Å². The maximum Gasteiger partial charge on any atom is 0.354 e. The maximum absolute atomic E-state index is 12.7. The second kappa shape index (κ2) is 5.92. The van der Waals surface area contributed by atoms with Gasteiger partial charge in [0.15, 0.2) is 0 Å². The second-order valence-electron chi connectivity index (χ2n) is 6.44. The van der Waals surface area contributed by atoms with Crippen LogP contribution in [0.3, 0.4) is 0 Å². The van der Waals surface area contributed by atoms with E-state index >= 15 is 0 Å². The topological polar surface area (TPSA) is 35.5 Å². The first-order valence-corrected chi connectivity index (χ1v) is 8.67. The zero-order valence-electron chi connectivity index (χ0n) is 13.2. The van der Waals surface area contributed by atoms with Crippen LogP contribution >= 0.6 is 7.60 Å². The van der Waals surface area contributed by atoms with E-state index in [0.29, 0.717) is 13.2 Å². The van der Waals surface area contributed by atoms with Gasteiger partial charge in [-0.15, -0.1) is 0 Å². The number of hydrogen-bond donors (Lipinski definition) is 0. The van der Waals surface area contributed by atoms with Crippen molar-refractivity contribution in [3.63, 3.8) is 0 Å². The first kappa shape index (κ1) is 16.2. The Labute approximate surface area is 127 Å². The molecule has 1 heterocycles. The highest BCUT2D eigenvalue weighted by atomic mass is 31.2. The molecule has 21 heavy (non-hydrogen) atoms. The SMILES string of the molecule is C=C(C)/C(=C/P1(=O)OCC(C)(C)CO1)c1ccc(C)cc1. The van der Waals surface area contributed by atoms with Crippen molar-refractivity contribution in [3.05, 3.63) is 53.4 Å². The van der Waals surface area contributed by atoms with Crippen molar-refractivity contribution >= 4 is 13.2 Å². The average molecular weight is 306 g/mol. The van der Waals surface area contributed by atoms with Crippen molar-refractivity contribution in [1.29, 1.82) is 0 Å². The van der Waals surface area contributed by atoms with E-state index in [-0.39, 0.29) is 5.41 Å². The third kappa shape index (κ3) is 4.16. The van der Waals surface area contributed by atoms with Gasteiger partial charge in [0.2, 0.25) is 0 Å². The molecule has 0 aromatic heterocycles. The minimum atomic E-state index is -3.20. The highest BCUT2D eigenvalue weighted by Crippen LogP contribution is 2.56. The van der Waals surface area contributed by atoms with E-state index in [1.807, 2.05) is 52.0 Å². The Morgan fingerprint density at radius 1 is 1.24 bits per heavy atom. The second-order valence-corrected chi connectivity index (χ2v) is 8.29. The van der Waals surface area contributed by atoms with Crippen LogP contribution in [0, 0.1) is 12.3 Å². The standard InChI is InChI=1S/C17H23O3P/c1-13(2)16(15-8-6-14(3)7-9-15)10-21(18)19-11-17(4,5)12-20-21/h6-10H,1,11-12H2,2-5H3/b16-10-. The highest BCUT2D eigenvalue weighted by Gasteiger charge is 2.35. The summed E-state index contributed by atoms with van der Waals surface area (Å²) in [6.07, 6.45) is 0. The molecule has 114 valence electrons. The van der Waals surface area contributed by atoms with Gasteiger partial charge in [-0.25, -0.2) is 0 Å². The largest absolute Gasteiger partial charge is 0.354 e. The zero-order chi connectivity index (χ0) is 15.7. The van der Waals surface area contributed by atoms with E-state index < -0.39 is 7.60 Å². The number of rotatable bonds is 3. The van der Waals surface area contributed by atoms with Gasteiger partial charge in [0.05, 0.1) is 13.2 Å². The Morgan fingerprint density at radius 3 is 2.24 bits per heavy atom. The van der Waals surface area contributed by atoms with E-state index in [0.717, 1.165) is 16.7 Å². The Morgan fingerprint density at radius 2 is 1.76 bits per heavy atom. The number of allylic oxidation sites excluding steroid dienone is 2. The van der Waals surface area contributed by atoms with Crippen molar-refractivity contribution in [2.45, 2.75) is 27.7 Å². The Balaban J connectivity index is 2.32. The Hall–Kier alpha value is -1.15. The molecule has 0 atom stereocenters. The summed E-state index contributed by atoms with van der Waals surface area (Å²) in [7, 11) is -3.20. The number of benzene rings is 1. The van der Waals surface area contributed by atoms with Crippen LogP contribution in [0.25, 0.3) is 5.57 Å². The molecular formula is C17H23O3P. The molecule has 1 aliphatic heterocycles. The lowest BCUT2D eigenvalue weighted by atomic mass is 9.97. The smallest absolute Gasteiger partial charge is 0.305 e. The predicted octanol–water partition coefficient (Wildman–Crippen LogP) is 5.18. The number of aryl methyl sites for hydroxylation is 1. The van der Waals surface area contributed by atoms with Crippen LogP contribution in [0.15, 0.2) is 42.2 Å². The van der Waals surface area contributed by atoms with Gasteiger partial charge in [-0.05, 0) is 25.0 Å².